The number of thiocarbonyl (C=S) groups is 1. The Hall–Kier alpha value is -4.04. The van der Waals surface area contributed by atoms with Crippen LogP contribution < -0.4 is 10.2 Å². The molecule has 1 saturated heterocycles. The van der Waals surface area contributed by atoms with Gasteiger partial charge in [0.05, 0.1) is 17.9 Å². The predicted molar refractivity (Wildman–Crippen MR) is 139 cm³/mol. The summed E-state index contributed by atoms with van der Waals surface area (Å²) in [5, 5.41) is 2.69. The van der Waals surface area contributed by atoms with Crippen molar-refractivity contribution in [1.29, 1.82) is 0 Å². The Kier molecular flexibility index (Phi) is 6.66. The van der Waals surface area contributed by atoms with E-state index < -0.39 is 11.8 Å². The van der Waals surface area contributed by atoms with Crippen molar-refractivity contribution in [3.05, 3.63) is 88.2 Å². The van der Waals surface area contributed by atoms with Crippen LogP contribution in [-0.2, 0) is 14.3 Å². The molecule has 4 rings (SSSR count). The van der Waals surface area contributed by atoms with Gasteiger partial charge in [-0.25, -0.2) is 4.79 Å². The topological polar surface area (TPSA) is 80.6 Å². The summed E-state index contributed by atoms with van der Waals surface area (Å²) in [6, 6.07) is 16.4. The van der Waals surface area contributed by atoms with E-state index in [0.29, 0.717) is 17.9 Å². The molecular formula is C27H25N3O4S. The van der Waals surface area contributed by atoms with Crippen LogP contribution in [0.4, 0.5) is 5.69 Å². The molecule has 35 heavy (non-hydrogen) atoms. The molecule has 0 bridgehead atoms. The van der Waals surface area contributed by atoms with Gasteiger partial charge >= 0.3 is 5.97 Å². The second-order valence-corrected chi connectivity index (χ2v) is 8.56. The van der Waals surface area contributed by atoms with Gasteiger partial charge in [-0.05, 0) is 93.5 Å². The van der Waals surface area contributed by atoms with Crippen molar-refractivity contribution in [2.24, 2.45) is 0 Å². The van der Waals surface area contributed by atoms with Gasteiger partial charge in [0, 0.05) is 17.1 Å². The van der Waals surface area contributed by atoms with Crippen LogP contribution in [0.5, 0.6) is 0 Å². The number of hydrogen-bond acceptors (Lipinski definition) is 5. The fraction of sp³-hybridized carbons (Fsp3) is 0.185. The lowest BCUT2D eigenvalue weighted by atomic mass is 10.1. The normalized spacial score (nSPS) is 14.9. The quantitative estimate of drug-likeness (QED) is 0.250. The summed E-state index contributed by atoms with van der Waals surface area (Å²) in [7, 11) is 0. The van der Waals surface area contributed by atoms with E-state index in [1.54, 1.807) is 31.2 Å². The zero-order chi connectivity index (χ0) is 25.3. The molecule has 8 heteroatoms. The molecule has 1 fully saturated rings. The van der Waals surface area contributed by atoms with E-state index in [-0.39, 0.29) is 16.7 Å². The third-order valence-electron chi connectivity index (χ3n) is 5.86. The lowest BCUT2D eigenvalue weighted by Crippen LogP contribution is -2.54. The second kappa shape index (κ2) is 9.68. The highest BCUT2D eigenvalue weighted by molar-refractivity contribution is 7.80. The van der Waals surface area contributed by atoms with Gasteiger partial charge in [-0.3, -0.25) is 19.8 Å². The smallest absolute Gasteiger partial charge is 0.338 e. The number of aromatic nitrogens is 1. The van der Waals surface area contributed by atoms with Crippen LogP contribution in [0.3, 0.4) is 0 Å². The van der Waals surface area contributed by atoms with Gasteiger partial charge in [-0.1, -0.05) is 18.2 Å². The molecule has 1 aliphatic rings. The molecule has 178 valence electrons. The van der Waals surface area contributed by atoms with Crippen LogP contribution >= 0.6 is 12.2 Å². The zero-order valence-corrected chi connectivity index (χ0v) is 20.7. The fourth-order valence-electron chi connectivity index (χ4n) is 4.14. The maximum absolute atomic E-state index is 13.4. The number of ether oxygens (including phenoxy) is 1. The molecule has 3 aromatic rings. The SMILES string of the molecule is CCOC(=O)c1ccc(-n2c(C)cc(/C=C3\C(=O)NC(=S)N(c4ccccc4C)C3=O)c2C)cc1. The van der Waals surface area contributed by atoms with Crippen LogP contribution in [0.15, 0.2) is 60.2 Å². The molecule has 2 aromatic carbocycles. The van der Waals surface area contributed by atoms with E-state index in [2.05, 4.69) is 5.32 Å². The van der Waals surface area contributed by atoms with Crippen molar-refractivity contribution in [1.82, 2.24) is 9.88 Å². The second-order valence-electron chi connectivity index (χ2n) is 8.17. The summed E-state index contributed by atoms with van der Waals surface area (Å²) in [5.41, 5.74) is 5.29. The number of anilines is 1. The van der Waals surface area contributed by atoms with E-state index >= 15 is 0 Å². The van der Waals surface area contributed by atoms with E-state index in [4.69, 9.17) is 17.0 Å². The van der Waals surface area contributed by atoms with Gasteiger partial charge in [-0.2, -0.15) is 0 Å². The number of carbonyl (C=O) groups excluding carboxylic acids is 3. The molecule has 2 heterocycles. The minimum Gasteiger partial charge on any atom is -0.462 e. The number of hydrogen-bond donors (Lipinski definition) is 1. The number of amides is 2. The minimum absolute atomic E-state index is 0.000220. The minimum atomic E-state index is -0.534. The van der Waals surface area contributed by atoms with E-state index in [1.165, 1.54) is 4.90 Å². The molecule has 1 N–H and O–H groups in total. The summed E-state index contributed by atoms with van der Waals surface area (Å²) < 4.78 is 7.05. The molecule has 7 nitrogen and oxygen atoms in total. The molecule has 0 saturated carbocycles. The molecule has 0 spiro atoms. The lowest BCUT2D eigenvalue weighted by molar-refractivity contribution is -0.122. The molecule has 0 radical (unpaired) electrons. The van der Waals surface area contributed by atoms with Crippen molar-refractivity contribution in [2.45, 2.75) is 27.7 Å². The summed E-state index contributed by atoms with van der Waals surface area (Å²) in [6.07, 6.45) is 1.59. The summed E-state index contributed by atoms with van der Waals surface area (Å²) in [4.78, 5) is 39.5. The highest BCUT2D eigenvalue weighted by Crippen LogP contribution is 2.27. The van der Waals surface area contributed by atoms with Gasteiger partial charge in [0.1, 0.15) is 5.57 Å². The molecule has 2 amide bonds. The first-order chi connectivity index (χ1) is 16.7. The Morgan fingerprint density at radius 3 is 2.40 bits per heavy atom. The molecular weight excluding hydrogens is 462 g/mol. The maximum atomic E-state index is 13.4. The summed E-state index contributed by atoms with van der Waals surface area (Å²) in [6.45, 7) is 7.80. The Labute approximate surface area is 209 Å². The maximum Gasteiger partial charge on any atom is 0.338 e. The zero-order valence-electron chi connectivity index (χ0n) is 19.9. The van der Waals surface area contributed by atoms with Crippen LogP contribution in [0.2, 0.25) is 0 Å². The van der Waals surface area contributed by atoms with E-state index in [1.807, 2.05) is 61.7 Å². The van der Waals surface area contributed by atoms with Gasteiger partial charge < -0.3 is 9.30 Å². The van der Waals surface area contributed by atoms with E-state index in [9.17, 15) is 14.4 Å². The van der Waals surface area contributed by atoms with Crippen molar-refractivity contribution < 1.29 is 19.1 Å². The Bertz CT molecular complexity index is 1390. The molecule has 0 aliphatic carbocycles. The first-order valence-electron chi connectivity index (χ1n) is 11.2. The largest absolute Gasteiger partial charge is 0.462 e. The first kappa shape index (κ1) is 24.1. The highest BCUT2D eigenvalue weighted by atomic mass is 32.1. The van der Waals surface area contributed by atoms with Crippen molar-refractivity contribution in [3.63, 3.8) is 0 Å². The van der Waals surface area contributed by atoms with E-state index in [0.717, 1.165) is 28.2 Å². The standard InChI is InChI=1S/C27H25N3O4S/c1-5-34-26(33)19-10-12-21(13-11-19)29-17(3)14-20(18(29)4)15-22-24(31)28-27(35)30(25(22)32)23-9-7-6-8-16(23)2/h6-15H,5H2,1-4H3,(H,28,31,35)/b22-15+. The molecule has 1 aromatic heterocycles. The third-order valence-corrected chi connectivity index (χ3v) is 6.15. The molecule has 0 atom stereocenters. The number of carbonyl (C=O) groups is 3. The van der Waals surface area contributed by atoms with Crippen molar-refractivity contribution in [2.75, 3.05) is 11.5 Å². The summed E-state index contributed by atoms with van der Waals surface area (Å²) >= 11 is 5.31. The van der Waals surface area contributed by atoms with Gasteiger partial charge in [0.15, 0.2) is 5.11 Å². The van der Waals surface area contributed by atoms with Crippen LogP contribution in [0.25, 0.3) is 11.8 Å². The van der Waals surface area contributed by atoms with Gasteiger partial charge in [0.2, 0.25) is 0 Å². The highest BCUT2D eigenvalue weighted by Gasteiger charge is 2.35. The van der Waals surface area contributed by atoms with Crippen molar-refractivity contribution in [3.8, 4) is 5.69 Å². The Morgan fingerprint density at radius 2 is 1.74 bits per heavy atom. The van der Waals surface area contributed by atoms with Crippen LogP contribution in [-0.4, -0.2) is 34.1 Å². The lowest BCUT2D eigenvalue weighted by Gasteiger charge is -2.30. The van der Waals surface area contributed by atoms with Crippen molar-refractivity contribution >= 4 is 46.9 Å². The average Bonchev–Trinajstić information content (AvgIpc) is 3.10. The first-order valence-corrected chi connectivity index (χ1v) is 11.6. The summed E-state index contributed by atoms with van der Waals surface area (Å²) in [5.74, 6) is -1.38. The Balaban J connectivity index is 1.71. The third kappa shape index (κ3) is 4.52. The van der Waals surface area contributed by atoms with Gasteiger partial charge in [-0.15, -0.1) is 0 Å². The number of rotatable bonds is 5. The van der Waals surface area contributed by atoms with Gasteiger partial charge in [0.25, 0.3) is 11.8 Å². The number of esters is 1. The molecule has 0 unspecified atom stereocenters. The Morgan fingerprint density at radius 1 is 1.06 bits per heavy atom. The number of benzene rings is 2. The predicted octanol–water partition coefficient (Wildman–Crippen LogP) is 4.41. The number of nitrogens with zero attached hydrogens (tertiary/aromatic N) is 2. The number of aryl methyl sites for hydroxylation is 2. The van der Waals surface area contributed by atoms with Crippen LogP contribution in [0.1, 0.15) is 39.8 Å². The fourth-order valence-corrected chi connectivity index (χ4v) is 4.41. The van der Waals surface area contributed by atoms with Crippen LogP contribution in [0, 0.1) is 20.8 Å². The molecule has 1 aliphatic heterocycles. The number of nitrogens with one attached hydrogen (secondary N) is 1. The average molecular weight is 488 g/mol. The number of para-hydroxylation sites is 1. The monoisotopic (exact) mass is 487 g/mol.